The van der Waals surface area contributed by atoms with Crippen molar-refractivity contribution in [3.8, 4) is 0 Å². The lowest BCUT2D eigenvalue weighted by atomic mass is 9.80. The zero-order chi connectivity index (χ0) is 10.8. The average Bonchev–Trinajstić information content (AvgIpc) is 1.99. The Kier molecular flexibility index (Phi) is 3.96. The summed E-state index contributed by atoms with van der Waals surface area (Å²) in [5.41, 5.74) is 0.293. The lowest BCUT2D eigenvalue weighted by Gasteiger charge is -2.49. The zero-order valence-corrected chi connectivity index (χ0v) is 10.1. The summed E-state index contributed by atoms with van der Waals surface area (Å²) in [4.78, 5) is 2.53. The lowest BCUT2D eigenvalue weighted by molar-refractivity contribution is -0.0105. The number of aliphatic hydroxyl groups is 1. The van der Waals surface area contributed by atoms with E-state index in [1.807, 2.05) is 0 Å². The number of rotatable bonds is 4. The molecular weight excluding hydrogens is 174 g/mol. The molecule has 0 aliphatic carbocycles. The number of hydrogen-bond donors (Lipinski definition) is 1. The minimum atomic E-state index is 0.293. The van der Waals surface area contributed by atoms with E-state index in [-0.39, 0.29) is 0 Å². The van der Waals surface area contributed by atoms with Gasteiger partial charge in [-0.25, -0.2) is 0 Å². The molecule has 1 saturated heterocycles. The highest BCUT2D eigenvalue weighted by Crippen LogP contribution is 2.32. The molecule has 0 aromatic heterocycles. The van der Waals surface area contributed by atoms with Gasteiger partial charge in [0.1, 0.15) is 0 Å². The molecule has 1 unspecified atom stereocenters. The summed E-state index contributed by atoms with van der Waals surface area (Å²) < 4.78 is 0. The van der Waals surface area contributed by atoms with Crippen LogP contribution in [0.2, 0.25) is 0 Å². The number of nitrogens with zero attached hydrogens (tertiary/aromatic N) is 1. The first-order chi connectivity index (χ1) is 6.49. The molecule has 14 heavy (non-hydrogen) atoms. The smallest absolute Gasteiger partial charge is 0.0446 e. The van der Waals surface area contributed by atoms with Gasteiger partial charge in [-0.15, -0.1) is 0 Å². The molecule has 1 aliphatic heterocycles. The third-order valence-electron chi connectivity index (χ3n) is 3.41. The zero-order valence-electron chi connectivity index (χ0n) is 10.1. The fourth-order valence-electron chi connectivity index (χ4n) is 2.41. The van der Waals surface area contributed by atoms with Crippen LogP contribution < -0.4 is 0 Å². The predicted octanol–water partition coefficient (Wildman–Crippen LogP) is 2.13. The minimum Gasteiger partial charge on any atom is -0.396 e. The molecule has 0 aromatic carbocycles. The molecule has 0 spiro atoms. The summed E-state index contributed by atoms with van der Waals surface area (Å²) in [6.07, 6.45) is 2.21. The maximum atomic E-state index is 9.06. The van der Waals surface area contributed by atoms with Crippen LogP contribution in [-0.2, 0) is 0 Å². The standard InChI is InChI=1S/C12H25NO/c1-5-10-8-13(9-10)11(6-7-14)12(2,3)4/h10-11,14H,5-9H2,1-4H3. The first-order valence-corrected chi connectivity index (χ1v) is 5.84. The molecule has 1 rings (SSSR count). The predicted molar refractivity (Wildman–Crippen MR) is 60.3 cm³/mol. The van der Waals surface area contributed by atoms with Gasteiger partial charge in [0.15, 0.2) is 0 Å². The Morgan fingerprint density at radius 2 is 1.93 bits per heavy atom. The second-order valence-corrected chi connectivity index (χ2v) is 5.62. The van der Waals surface area contributed by atoms with Gasteiger partial charge in [-0.1, -0.05) is 34.1 Å². The van der Waals surface area contributed by atoms with Crippen LogP contribution in [-0.4, -0.2) is 35.7 Å². The second-order valence-electron chi connectivity index (χ2n) is 5.62. The minimum absolute atomic E-state index is 0.293. The van der Waals surface area contributed by atoms with Gasteiger partial charge in [-0.3, -0.25) is 4.90 Å². The van der Waals surface area contributed by atoms with E-state index in [9.17, 15) is 0 Å². The lowest BCUT2D eigenvalue weighted by Crippen LogP contribution is -2.56. The summed E-state index contributed by atoms with van der Waals surface area (Å²) in [6, 6.07) is 0.551. The highest BCUT2D eigenvalue weighted by Gasteiger charge is 2.36. The van der Waals surface area contributed by atoms with Crippen molar-refractivity contribution in [2.45, 2.75) is 46.6 Å². The Bertz CT molecular complexity index is 168. The van der Waals surface area contributed by atoms with Crippen LogP contribution in [0.25, 0.3) is 0 Å². The van der Waals surface area contributed by atoms with Gasteiger partial charge < -0.3 is 5.11 Å². The van der Waals surface area contributed by atoms with Crippen molar-refractivity contribution in [1.29, 1.82) is 0 Å². The van der Waals surface area contributed by atoms with Crippen LogP contribution in [0.15, 0.2) is 0 Å². The van der Waals surface area contributed by atoms with Crippen LogP contribution >= 0.6 is 0 Å². The Hall–Kier alpha value is -0.0800. The molecule has 0 amide bonds. The molecule has 84 valence electrons. The van der Waals surface area contributed by atoms with Gasteiger partial charge >= 0.3 is 0 Å². The Morgan fingerprint density at radius 3 is 2.29 bits per heavy atom. The molecular formula is C12H25NO. The molecule has 0 saturated carbocycles. The van der Waals surface area contributed by atoms with Gasteiger partial charge in [0.05, 0.1) is 0 Å². The molecule has 0 aromatic rings. The van der Waals surface area contributed by atoms with Crippen LogP contribution in [0.3, 0.4) is 0 Å². The van der Waals surface area contributed by atoms with Crippen molar-refractivity contribution >= 4 is 0 Å². The van der Waals surface area contributed by atoms with Crippen LogP contribution in [0, 0.1) is 11.3 Å². The molecule has 2 nitrogen and oxygen atoms in total. The molecule has 1 atom stereocenters. The van der Waals surface area contributed by atoms with Crippen molar-refractivity contribution in [2.24, 2.45) is 11.3 Å². The SMILES string of the molecule is CCC1CN(C(CCO)C(C)(C)C)C1. The third kappa shape index (κ3) is 2.71. The Labute approximate surface area is 88.3 Å². The quantitative estimate of drug-likeness (QED) is 0.749. The topological polar surface area (TPSA) is 23.5 Å². The van der Waals surface area contributed by atoms with Gasteiger partial charge in [-0.2, -0.15) is 0 Å². The summed E-state index contributed by atoms with van der Waals surface area (Å²) >= 11 is 0. The molecule has 1 fully saturated rings. The molecule has 2 heteroatoms. The van der Waals surface area contributed by atoms with E-state index in [1.165, 1.54) is 19.5 Å². The summed E-state index contributed by atoms with van der Waals surface area (Å²) in [6.45, 7) is 11.9. The monoisotopic (exact) mass is 199 g/mol. The van der Waals surface area contributed by atoms with E-state index < -0.39 is 0 Å². The third-order valence-corrected chi connectivity index (χ3v) is 3.41. The Balaban J connectivity index is 2.45. The summed E-state index contributed by atoms with van der Waals surface area (Å²) in [5, 5.41) is 9.06. The van der Waals surface area contributed by atoms with E-state index in [0.29, 0.717) is 18.1 Å². The van der Waals surface area contributed by atoms with Gasteiger partial charge in [0.25, 0.3) is 0 Å². The van der Waals surface area contributed by atoms with Crippen molar-refractivity contribution < 1.29 is 5.11 Å². The largest absolute Gasteiger partial charge is 0.396 e. The van der Waals surface area contributed by atoms with Gasteiger partial charge in [-0.05, 0) is 17.8 Å². The fraction of sp³-hybridized carbons (Fsp3) is 1.00. The number of likely N-dealkylation sites (tertiary alicyclic amines) is 1. The highest BCUT2D eigenvalue weighted by molar-refractivity contribution is 4.90. The summed E-state index contributed by atoms with van der Waals surface area (Å²) in [7, 11) is 0. The van der Waals surface area contributed by atoms with E-state index in [1.54, 1.807) is 0 Å². The molecule has 1 N–H and O–H groups in total. The normalized spacial score (nSPS) is 22.1. The van der Waals surface area contributed by atoms with Gasteiger partial charge in [0, 0.05) is 25.7 Å². The molecule has 0 bridgehead atoms. The average molecular weight is 199 g/mol. The van der Waals surface area contributed by atoms with E-state index in [2.05, 4.69) is 32.6 Å². The molecule has 1 heterocycles. The maximum absolute atomic E-state index is 9.06. The van der Waals surface area contributed by atoms with Crippen molar-refractivity contribution in [3.05, 3.63) is 0 Å². The van der Waals surface area contributed by atoms with Crippen molar-refractivity contribution in [2.75, 3.05) is 19.7 Å². The van der Waals surface area contributed by atoms with E-state index in [0.717, 1.165) is 12.3 Å². The first kappa shape index (κ1) is 12.0. The number of hydrogen-bond acceptors (Lipinski definition) is 2. The maximum Gasteiger partial charge on any atom is 0.0446 e. The van der Waals surface area contributed by atoms with E-state index >= 15 is 0 Å². The fourth-order valence-corrected chi connectivity index (χ4v) is 2.41. The van der Waals surface area contributed by atoms with Crippen LogP contribution in [0.4, 0.5) is 0 Å². The molecule has 0 radical (unpaired) electrons. The Morgan fingerprint density at radius 1 is 1.36 bits per heavy atom. The van der Waals surface area contributed by atoms with Crippen LogP contribution in [0.1, 0.15) is 40.5 Å². The molecule has 1 aliphatic rings. The second kappa shape index (κ2) is 4.63. The van der Waals surface area contributed by atoms with Crippen molar-refractivity contribution in [3.63, 3.8) is 0 Å². The van der Waals surface area contributed by atoms with E-state index in [4.69, 9.17) is 5.11 Å². The highest BCUT2D eigenvalue weighted by atomic mass is 16.3. The first-order valence-electron chi connectivity index (χ1n) is 5.84. The van der Waals surface area contributed by atoms with Crippen molar-refractivity contribution in [1.82, 2.24) is 4.90 Å². The number of aliphatic hydroxyl groups excluding tert-OH is 1. The van der Waals surface area contributed by atoms with Gasteiger partial charge in [0.2, 0.25) is 0 Å². The van der Waals surface area contributed by atoms with Crippen LogP contribution in [0.5, 0.6) is 0 Å². The summed E-state index contributed by atoms with van der Waals surface area (Å²) in [5.74, 6) is 0.901.